The van der Waals surface area contributed by atoms with Crippen molar-refractivity contribution in [3.8, 4) is 0 Å². The highest BCUT2D eigenvalue weighted by molar-refractivity contribution is 5.90. The molecule has 1 aliphatic rings. The van der Waals surface area contributed by atoms with Crippen LogP contribution in [-0.4, -0.2) is 28.9 Å². The van der Waals surface area contributed by atoms with Gasteiger partial charge in [-0.05, 0) is 67.6 Å². The predicted octanol–water partition coefficient (Wildman–Crippen LogP) is 4.73. The molecule has 1 N–H and O–H groups in total. The highest BCUT2D eigenvalue weighted by Crippen LogP contribution is 2.30. The van der Waals surface area contributed by atoms with E-state index in [4.69, 9.17) is 0 Å². The number of aromatic nitrogens is 1. The van der Waals surface area contributed by atoms with Crippen LogP contribution in [0.15, 0.2) is 48.8 Å². The van der Waals surface area contributed by atoms with Gasteiger partial charge >= 0.3 is 6.18 Å². The predicted molar refractivity (Wildman–Crippen MR) is 102 cm³/mol. The number of carbonyl (C=O) groups excluding carboxylic acids is 1. The van der Waals surface area contributed by atoms with Crippen molar-refractivity contribution in [3.05, 3.63) is 59.9 Å². The topological polar surface area (TPSA) is 45.2 Å². The Morgan fingerprint density at radius 3 is 2.68 bits per heavy atom. The molecule has 2 aromatic rings. The first-order chi connectivity index (χ1) is 13.4. The van der Waals surface area contributed by atoms with E-state index in [1.807, 2.05) is 12.3 Å². The molecule has 1 aliphatic heterocycles. The second-order valence-electron chi connectivity index (χ2n) is 7.27. The van der Waals surface area contributed by atoms with Crippen molar-refractivity contribution in [3.63, 3.8) is 0 Å². The molecular weight excluding hydrogens is 367 g/mol. The van der Waals surface area contributed by atoms with Gasteiger partial charge in [0.2, 0.25) is 5.91 Å². The quantitative estimate of drug-likeness (QED) is 0.774. The Labute approximate surface area is 162 Å². The summed E-state index contributed by atoms with van der Waals surface area (Å²) < 4.78 is 37.7. The van der Waals surface area contributed by atoms with E-state index in [0.29, 0.717) is 18.0 Å². The summed E-state index contributed by atoms with van der Waals surface area (Å²) in [5.74, 6) is 0.285. The number of piperidine rings is 1. The fraction of sp³-hybridized carbons (Fsp3) is 0.429. The zero-order chi connectivity index (χ0) is 20.0. The number of anilines is 1. The monoisotopic (exact) mass is 391 g/mol. The SMILES string of the molecule is O=C(CC[C@@H]1CCCN(Cc2cccnc2)C1)Nc1ccc(C(F)(F)F)cc1. The Kier molecular flexibility index (Phi) is 6.67. The summed E-state index contributed by atoms with van der Waals surface area (Å²) in [4.78, 5) is 18.7. The maximum atomic E-state index is 12.6. The highest BCUT2D eigenvalue weighted by atomic mass is 19.4. The molecule has 3 rings (SSSR count). The summed E-state index contributed by atoms with van der Waals surface area (Å²) in [5, 5.41) is 2.68. The van der Waals surface area contributed by atoms with Gasteiger partial charge in [0.25, 0.3) is 0 Å². The third kappa shape index (κ3) is 6.05. The number of likely N-dealkylation sites (tertiary alicyclic amines) is 1. The number of nitrogens with one attached hydrogen (secondary N) is 1. The standard InChI is InChI=1S/C21H24F3N3O/c22-21(23,24)18-6-8-19(9-7-18)26-20(28)10-5-16-4-2-12-27(14-16)15-17-3-1-11-25-13-17/h1,3,6-9,11,13,16H,2,4-5,10,12,14-15H2,(H,26,28)/t16-/m0/s1. The van der Waals surface area contributed by atoms with E-state index in [9.17, 15) is 18.0 Å². The number of amides is 1. The molecule has 1 amide bonds. The smallest absolute Gasteiger partial charge is 0.326 e. The number of nitrogens with zero attached hydrogens (tertiary/aromatic N) is 2. The molecule has 0 aliphatic carbocycles. The van der Waals surface area contributed by atoms with E-state index in [1.165, 1.54) is 17.7 Å². The van der Waals surface area contributed by atoms with E-state index in [0.717, 1.165) is 51.0 Å². The zero-order valence-corrected chi connectivity index (χ0v) is 15.6. The fourth-order valence-corrected chi connectivity index (χ4v) is 3.58. The minimum atomic E-state index is -4.37. The van der Waals surface area contributed by atoms with Crippen molar-refractivity contribution in [2.24, 2.45) is 5.92 Å². The van der Waals surface area contributed by atoms with Crippen molar-refractivity contribution >= 4 is 11.6 Å². The molecule has 2 heterocycles. The average molecular weight is 391 g/mol. The fourth-order valence-electron chi connectivity index (χ4n) is 3.58. The van der Waals surface area contributed by atoms with Crippen LogP contribution >= 0.6 is 0 Å². The van der Waals surface area contributed by atoms with Crippen molar-refractivity contribution in [1.29, 1.82) is 0 Å². The van der Waals surface area contributed by atoms with Gasteiger partial charge in [-0.3, -0.25) is 14.7 Å². The second-order valence-corrected chi connectivity index (χ2v) is 7.27. The van der Waals surface area contributed by atoms with Gasteiger partial charge in [-0.25, -0.2) is 0 Å². The van der Waals surface area contributed by atoms with Crippen LogP contribution in [0.4, 0.5) is 18.9 Å². The lowest BCUT2D eigenvalue weighted by Gasteiger charge is -2.32. The van der Waals surface area contributed by atoms with Crippen molar-refractivity contribution in [2.45, 2.75) is 38.4 Å². The molecule has 0 unspecified atom stereocenters. The Balaban J connectivity index is 1.43. The summed E-state index contributed by atoms with van der Waals surface area (Å²) in [5.41, 5.74) is 0.851. The number of alkyl halides is 3. The summed E-state index contributed by atoms with van der Waals surface area (Å²) in [6.45, 7) is 2.85. The van der Waals surface area contributed by atoms with E-state index in [2.05, 4.69) is 21.3 Å². The first-order valence-electron chi connectivity index (χ1n) is 9.48. The minimum absolute atomic E-state index is 0.163. The largest absolute Gasteiger partial charge is 0.416 e. The van der Waals surface area contributed by atoms with Crippen LogP contribution in [0.3, 0.4) is 0 Å². The summed E-state index contributed by atoms with van der Waals surface area (Å²) in [6.07, 6.45) is 2.61. The average Bonchev–Trinajstić information content (AvgIpc) is 2.67. The van der Waals surface area contributed by atoms with Gasteiger partial charge in [0, 0.05) is 37.6 Å². The molecule has 1 fully saturated rings. The van der Waals surface area contributed by atoms with Gasteiger partial charge in [0.15, 0.2) is 0 Å². The summed E-state index contributed by atoms with van der Waals surface area (Å²) in [7, 11) is 0. The molecule has 0 saturated carbocycles. The highest BCUT2D eigenvalue weighted by Gasteiger charge is 2.30. The van der Waals surface area contributed by atoms with E-state index in [1.54, 1.807) is 6.20 Å². The molecule has 0 radical (unpaired) electrons. The lowest BCUT2D eigenvalue weighted by molar-refractivity contribution is -0.137. The Bertz CT molecular complexity index is 763. The number of hydrogen-bond acceptors (Lipinski definition) is 3. The molecule has 28 heavy (non-hydrogen) atoms. The maximum Gasteiger partial charge on any atom is 0.416 e. The van der Waals surface area contributed by atoms with Gasteiger partial charge in [-0.1, -0.05) is 6.07 Å². The van der Waals surface area contributed by atoms with Crippen LogP contribution in [0.1, 0.15) is 36.8 Å². The van der Waals surface area contributed by atoms with E-state index < -0.39 is 11.7 Å². The lowest BCUT2D eigenvalue weighted by Crippen LogP contribution is -2.35. The van der Waals surface area contributed by atoms with Gasteiger partial charge in [0.05, 0.1) is 5.56 Å². The molecule has 0 bridgehead atoms. The molecule has 150 valence electrons. The molecule has 0 spiro atoms. The third-order valence-electron chi connectivity index (χ3n) is 5.01. The second kappa shape index (κ2) is 9.19. The molecule has 1 atom stereocenters. The summed E-state index contributed by atoms with van der Waals surface area (Å²) >= 11 is 0. The van der Waals surface area contributed by atoms with Crippen LogP contribution in [0.25, 0.3) is 0 Å². The number of pyridine rings is 1. The van der Waals surface area contributed by atoms with Crippen LogP contribution in [0.5, 0.6) is 0 Å². The Morgan fingerprint density at radius 1 is 1.21 bits per heavy atom. The first-order valence-corrected chi connectivity index (χ1v) is 9.48. The van der Waals surface area contributed by atoms with Crippen molar-refractivity contribution in [2.75, 3.05) is 18.4 Å². The first kappa shape index (κ1) is 20.3. The van der Waals surface area contributed by atoms with Gasteiger partial charge in [-0.2, -0.15) is 13.2 Å². The Hall–Kier alpha value is -2.41. The third-order valence-corrected chi connectivity index (χ3v) is 5.01. The van der Waals surface area contributed by atoms with E-state index in [-0.39, 0.29) is 5.91 Å². The lowest BCUT2D eigenvalue weighted by atomic mass is 9.93. The number of rotatable bonds is 6. The molecule has 7 heteroatoms. The number of hydrogen-bond donors (Lipinski definition) is 1. The number of benzene rings is 1. The van der Waals surface area contributed by atoms with Crippen LogP contribution in [0, 0.1) is 5.92 Å². The minimum Gasteiger partial charge on any atom is -0.326 e. The molecule has 1 aromatic carbocycles. The number of carbonyl (C=O) groups is 1. The van der Waals surface area contributed by atoms with Crippen molar-refractivity contribution in [1.82, 2.24) is 9.88 Å². The summed E-state index contributed by atoms with van der Waals surface area (Å²) in [6, 6.07) is 8.53. The normalized spacial score (nSPS) is 18.0. The molecule has 4 nitrogen and oxygen atoms in total. The van der Waals surface area contributed by atoms with Crippen LogP contribution in [-0.2, 0) is 17.5 Å². The van der Waals surface area contributed by atoms with Gasteiger partial charge < -0.3 is 5.32 Å². The van der Waals surface area contributed by atoms with E-state index >= 15 is 0 Å². The maximum absolute atomic E-state index is 12.6. The van der Waals surface area contributed by atoms with Crippen molar-refractivity contribution < 1.29 is 18.0 Å². The van der Waals surface area contributed by atoms with Crippen LogP contribution in [0.2, 0.25) is 0 Å². The number of halogens is 3. The molecule has 1 saturated heterocycles. The van der Waals surface area contributed by atoms with Gasteiger partial charge in [-0.15, -0.1) is 0 Å². The molecular formula is C21H24F3N3O. The zero-order valence-electron chi connectivity index (χ0n) is 15.6. The van der Waals surface area contributed by atoms with Gasteiger partial charge in [0.1, 0.15) is 0 Å². The van der Waals surface area contributed by atoms with Crippen LogP contribution < -0.4 is 5.32 Å². The molecule has 1 aromatic heterocycles. The Morgan fingerprint density at radius 2 is 2.00 bits per heavy atom.